The summed E-state index contributed by atoms with van der Waals surface area (Å²) in [5.74, 6) is 2.95. The quantitative estimate of drug-likeness (QED) is 0.908. The third-order valence-corrected chi connectivity index (χ3v) is 4.33. The molecule has 5 heteroatoms. The Hall–Kier alpha value is -2.01. The van der Waals surface area contributed by atoms with Crippen molar-refractivity contribution >= 4 is 16.6 Å². The number of nitrogens with zero attached hydrogens (tertiary/aromatic N) is 1. The molecule has 21 heavy (non-hydrogen) atoms. The predicted octanol–water partition coefficient (Wildman–Crippen LogP) is 2.54. The highest BCUT2D eigenvalue weighted by molar-refractivity contribution is 5.94. The Balaban J connectivity index is 1.59. The van der Waals surface area contributed by atoms with Gasteiger partial charge in [0.1, 0.15) is 5.82 Å². The van der Waals surface area contributed by atoms with E-state index in [4.69, 9.17) is 9.47 Å². The Morgan fingerprint density at radius 1 is 1.24 bits per heavy atom. The van der Waals surface area contributed by atoms with Gasteiger partial charge < -0.3 is 19.9 Å². The lowest BCUT2D eigenvalue weighted by Crippen LogP contribution is -2.13. The Morgan fingerprint density at radius 3 is 2.90 bits per heavy atom. The van der Waals surface area contributed by atoms with Crippen LogP contribution in [0.5, 0.6) is 11.5 Å². The maximum atomic E-state index is 9.60. The molecule has 1 aromatic heterocycles. The zero-order valence-corrected chi connectivity index (χ0v) is 11.7. The molecule has 2 unspecified atom stereocenters. The van der Waals surface area contributed by atoms with E-state index in [1.807, 2.05) is 18.2 Å². The predicted molar refractivity (Wildman–Crippen MR) is 79.7 cm³/mol. The highest BCUT2D eigenvalue weighted by Crippen LogP contribution is 2.38. The summed E-state index contributed by atoms with van der Waals surface area (Å²) in [4.78, 5) is 4.44. The first-order valence-electron chi connectivity index (χ1n) is 7.40. The zero-order chi connectivity index (χ0) is 14.2. The van der Waals surface area contributed by atoms with Crippen molar-refractivity contribution in [1.29, 1.82) is 0 Å². The van der Waals surface area contributed by atoms with Gasteiger partial charge in [-0.1, -0.05) is 0 Å². The third kappa shape index (κ3) is 2.38. The van der Waals surface area contributed by atoms with Gasteiger partial charge in [0.2, 0.25) is 6.79 Å². The van der Waals surface area contributed by atoms with Crippen molar-refractivity contribution in [3.8, 4) is 11.5 Å². The topological polar surface area (TPSA) is 63.6 Å². The summed E-state index contributed by atoms with van der Waals surface area (Å²) in [6, 6.07) is 5.95. The van der Waals surface area contributed by atoms with E-state index < -0.39 is 0 Å². The van der Waals surface area contributed by atoms with Gasteiger partial charge in [-0.15, -0.1) is 0 Å². The lowest BCUT2D eigenvalue weighted by molar-refractivity contribution is 0.174. The van der Waals surface area contributed by atoms with Crippen molar-refractivity contribution < 1.29 is 14.6 Å². The van der Waals surface area contributed by atoms with Crippen molar-refractivity contribution in [2.45, 2.75) is 25.4 Å². The molecule has 0 spiro atoms. The summed E-state index contributed by atoms with van der Waals surface area (Å²) in [7, 11) is 0. The molecule has 2 aliphatic rings. The van der Waals surface area contributed by atoms with Crippen molar-refractivity contribution in [1.82, 2.24) is 4.98 Å². The number of aliphatic hydroxyl groups excluding tert-OH is 1. The maximum absolute atomic E-state index is 9.60. The van der Waals surface area contributed by atoms with Gasteiger partial charge in [-0.3, -0.25) is 0 Å². The van der Waals surface area contributed by atoms with Crippen LogP contribution in [0.4, 0.5) is 5.82 Å². The summed E-state index contributed by atoms with van der Waals surface area (Å²) in [5.41, 5.74) is 0. The summed E-state index contributed by atoms with van der Waals surface area (Å²) in [5, 5.41) is 15.2. The Labute approximate surface area is 122 Å². The molecule has 110 valence electrons. The second-order valence-corrected chi connectivity index (χ2v) is 5.80. The van der Waals surface area contributed by atoms with Crippen LogP contribution in [-0.4, -0.2) is 29.5 Å². The van der Waals surface area contributed by atoms with E-state index in [1.165, 1.54) is 0 Å². The van der Waals surface area contributed by atoms with E-state index in [0.29, 0.717) is 5.92 Å². The van der Waals surface area contributed by atoms with Crippen LogP contribution >= 0.6 is 0 Å². The number of fused-ring (bicyclic) bond motifs is 2. The fourth-order valence-electron chi connectivity index (χ4n) is 3.18. The molecule has 0 bridgehead atoms. The first kappa shape index (κ1) is 12.7. The average molecular weight is 286 g/mol. The average Bonchev–Trinajstić information content (AvgIpc) is 3.11. The van der Waals surface area contributed by atoms with Gasteiger partial charge in [-0.2, -0.15) is 0 Å². The van der Waals surface area contributed by atoms with Gasteiger partial charge in [-0.25, -0.2) is 4.98 Å². The minimum Gasteiger partial charge on any atom is -0.454 e. The van der Waals surface area contributed by atoms with Gasteiger partial charge >= 0.3 is 0 Å². The molecule has 2 atom stereocenters. The molecule has 2 heterocycles. The molecule has 1 aliphatic heterocycles. The highest BCUT2D eigenvalue weighted by Gasteiger charge is 2.23. The number of nitrogens with one attached hydrogen (secondary N) is 1. The number of anilines is 1. The molecule has 1 saturated carbocycles. The molecule has 1 fully saturated rings. The minimum absolute atomic E-state index is 0.133. The smallest absolute Gasteiger partial charge is 0.231 e. The third-order valence-electron chi connectivity index (χ3n) is 4.33. The molecule has 1 aromatic carbocycles. The molecule has 2 aromatic rings. The van der Waals surface area contributed by atoms with Crippen LogP contribution in [0.25, 0.3) is 10.8 Å². The number of ether oxygens (including phenoxy) is 2. The molecule has 2 N–H and O–H groups in total. The van der Waals surface area contributed by atoms with Crippen LogP contribution in [-0.2, 0) is 0 Å². The largest absolute Gasteiger partial charge is 0.454 e. The van der Waals surface area contributed by atoms with Gasteiger partial charge in [0.05, 0.1) is 6.10 Å². The van der Waals surface area contributed by atoms with Crippen LogP contribution in [0.1, 0.15) is 19.3 Å². The lowest BCUT2D eigenvalue weighted by Gasteiger charge is -2.13. The van der Waals surface area contributed by atoms with E-state index >= 15 is 0 Å². The fraction of sp³-hybridized carbons (Fsp3) is 0.438. The molecule has 1 aliphatic carbocycles. The SMILES string of the molecule is OC1CCC(CNc2nccc3cc4c(cc23)OCO4)C1. The standard InChI is InChI=1S/C16H18N2O3/c19-12-2-1-10(5-12)8-18-16-13-7-15-14(20-9-21-15)6-11(13)3-4-17-16/h3-4,6-7,10,12,19H,1-2,5,8-9H2,(H,17,18). The Bertz CT molecular complexity index is 674. The van der Waals surface area contributed by atoms with Gasteiger partial charge in [0.15, 0.2) is 11.5 Å². The van der Waals surface area contributed by atoms with E-state index in [9.17, 15) is 5.11 Å². The maximum Gasteiger partial charge on any atom is 0.231 e. The van der Waals surface area contributed by atoms with Gasteiger partial charge in [0, 0.05) is 18.1 Å². The van der Waals surface area contributed by atoms with E-state index in [2.05, 4.69) is 10.3 Å². The lowest BCUT2D eigenvalue weighted by atomic mass is 10.1. The number of aliphatic hydroxyl groups is 1. The second kappa shape index (κ2) is 5.07. The summed E-state index contributed by atoms with van der Waals surface area (Å²) in [6.07, 6.45) is 4.53. The van der Waals surface area contributed by atoms with Crippen LogP contribution in [0.3, 0.4) is 0 Å². The number of rotatable bonds is 3. The second-order valence-electron chi connectivity index (χ2n) is 5.80. The van der Waals surface area contributed by atoms with Crippen LogP contribution in [0.2, 0.25) is 0 Å². The van der Waals surface area contributed by atoms with E-state index in [1.54, 1.807) is 6.20 Å². The molecule has 0 amide bonds. The van der Waals surface area contributed by atoms with Crippen molar-refractivity contribution in [3.05, 3.63) is 24.4 Å². The molecule has 5 nitrogen and oxygen atoms in total. The molecule has 0 radical (unpaired) electrons. The van der Waals surface area contributed by atoms with Crippen molar-refractivity contribution in [2.24, 2.45) is 5.92 Å². The first-order chi connectivity index (χ1) is 10.3. The highest BCUT2D eigenvalue weighted by atomic mass is 16.7. The summed E-state index contributed by atoms with van der Waals surface area (Å²) in [6.45, 7) is 1.12. The Morgan fingerprint density at radius 2 is 2.10 bits per heavy atom. The van der Waals surface area contributed by atoms with Crippen molar-refractivity contribution in [2.75, 3.05) is 18.7 Å². The van der Waals surface area contributed by atoms with Gasteiger partial charge in [-0.05, 0) is 48.8 Å². The Kier molecular flexibility index (Phi) is 3.07. The zero-order valence-electron chi connectivity index (χ0n) is 11.7. The van der Waals surface area contributed by atoms with Crippen LogP contribution in [0.15, 0.2) is 24.4 Å². The number of hydrogen-bond acceptors (Lipinski definition) is 5. The molecule has 0 saturated heterocycles. The number of benzene rings is 1. The molecular formula is C16H18N2O3. The van der Waals surface area contributed by atoms with Crippen LogP contribution in [0, 0.1) is 5.92 Å². The number of hydrogen-bond donors (Lipinski definition) is 2. The fourth-order valence-corrected chi connectivity index (χ4v) is 3.18. The minimum atomic E-state index is -0.133. The summed E-state index contributed by atoms with van der Waals surface area (Å²) < 4.78 is 10.9. The van der Waals surface area contributed by atoms with E-state index in [0.717, 1.165) is 53.9 Å². The number of pyridine rings is 1. The molecular weight excluding hydrogens is 268 g/mol. The summed E-state index contributed by atoms with van der Waals surface area (Å²) >= 11 is 0. The number of aromatic nitrogens is 1. The van der Waals surface area contributed by atoms with Gasteiger partial charge in [0.25, 0.3) is 0 Å². The first-order valence-corrected chi connectivity index (χ1v) is 7.40. The van der Waals surface area contributed by atoms with E-state index in [-0.39, 0.29) is 12.9 Å². The van der Waals surface area contributed by atoms with Crippen molar-refractivity contribution in [3.63, 3.8) is 0 Å². The molecule has 4 rings (SSSR count). The normalized spacial score (nSPS) is 23.7. The monoisotopic (exact) mass is 286 g/mol. The van der Waals surface area contributed by atoms with Crippen LogP contribution < -0.4 is 14.8 Å².